The van der Waals surface area contributed by atoms with Gasteiger partial charge in [-0.2, -0.15) is 0 Å². The molecule has 152 valence electrons. The highest BCUT2D eigenvalue weighted by atomic mass is 32.1. The zero-order chi connectivity index (χ0) is 20.5. The molecule has 0 fully saturated rings. The molecule has 3 rings (SSSR count). The molecule has 0 spiro atoms. The SMILES string of the molecule is CC1CCc2c(C(N)=O)csc2C1.CNC(=O)CCCOc1cccc(C)c1. The van der Waals surface area contributed by atoms with Crippen LogP contribution in [0.5, 0.6) is 5.75 Å². The number of nitrogens with two attached hydrogens (primary N) is 1. The van der Waals surface area contributed by atoms with Gasteiger partial charge in [-0.1, -0.05) is 19.1 Å². The topological polar surface area (TPSA) is 81.4 Å². The van der Waals surface area contributed by atoms with Crippen LogP contribution in [0, 0.1) is 12.8 Å². The summed E-state index contributed by atoms with van der Waals surface area (Å²) in [5.41, 5.74) is 8.44. The molecule has 28 heavy (non-hydrogen) atoms. The van der Waals surface area contributed by atoms with Gasteiger partial charge in [0.2, 0.25) is 11.8 Å². The van der Waals surface area contributed by atoms with Crippen LogP contribution in [0.2, 0.25) is 0 Å². The third-order valence-corrected chi connectivity index (χ3v) is 5.80. The van der Waals surface area contributed by atoms with Crippen LogP contribution < -0.4 is 15.8 Å². The van der Waals surface area contributed by atoms with Crippen molar-refractivity contribution in [3.8, 4) is 5.75 Å². The zero-order valence-corrected chi connectivity index (χ0v) is 17.7. The van der Waals surface area contributed by atoms with Crippen LogP contribution in [0.3, 0.4) is 0 Å². The molecule has 3 N–H and O–H groups in total. The van der Waals surface area contributed by atoms with Crippen molar-refractivity contribution in [3.63, 3.8) is 0 Å². The van der Waals surface area contributed by atoms with Crippen LogP contribution in [0.25, 0.3) is 0 Å². The molecule has 1 heterocycles. The van der Waals surface area contributed by atoms with Gasteiger partial charge in [-0.05, 0) is 61.8 Å². The minimum absolute atomic E-state index is 0.0582. The van der Waals surface area contributed by atoms with E-state index in [1.165, 1.54) is 22.4 Å². The summed E-state index contributed by atoms with van der Waals surface area (Å²) >= 11 is 1.68. The second kappa shape index (κ2) is 10.9. The zero-order valence-electron chi connectivity index (χ0n) is 16.9. The molecule has 6 heteroatoms. The molecule has 0 saturated heterocycles. The summed E-state index contributed by atoms with van der Waals surface area (Å²) in [4.78, 5) is 23.3. The largest absolute Gasteiger partial charge is 0.494 e. The summed E-state index contributed by atoms with van der Waals surface area (Å²) in [5, 5.41) is 4.49. The molecular formula is C22H30N2O3S. The third kappa shape index (κ3) is 6.68. The summed E-state index contributed by atoms with van der Waals surface area (Å²) in [6.45, 7) is 4.86. The molecule has 0 saturated carbocycles. The Morgan fingerprint density at radius 2 is 2.14 bits per heavy atom. The molecule has 5 nitrogen and oxygen atoms in total. The number of nitrogens with one attached hydrogen (secondary N) is 1. The van der Waals surface area contributed by atoms with Crippen molar-refractivity contribution in [3.05, 3.63) is 51.2 Å². The molecule has 0 radical (unpaired) electrons. The van der Waals surface area contributed by atoms with Crippen LogP contribution in [-0.2, 0) is 17.6 Å². The number of primary amides is 1. The van der Waals surface area contributed by atoms with Gasteiger partial charge in [0.05, 0.1) is 12.2 Å². The Hall–Kier alpha value is -2.34. The van der Waals surface area contributed by atoms with Crippen molar-refractivity contribution in [1.29, 1.82) is 0 Å². The van der Waals surface area contributed by atoms with Crippen molar-refractivity contribution in [1.82, 2.24) is 5.32 Å². The quantitative estimate of drug-likeness (QED) is 0.720. The average Bonchev–Trinajstić information content (AvgIpc) is 3.09. The van der Waals surface area contributed by atoms with Crippen molar-refractivity contribution in [2.75, 3.05) is 13.7 Å². The lowest BCUT2D eigenvalue weighted by Crippen LogP contribution is -2.18. The number of rotatable bonds is 6. The van der Waals surface area contributed by atoms with E-state index >= 15 is 0 Å². The minimum atomic E-state index is -0.271. The summed E-state index contributed by atoms with van der Waals surface area (Å²) < 4.78 is 5.50. The first-order valence-electron chi connectivity index (χ1n) is 9.69. The maximum atomic E-state index is 11.0. The molecular weight excluding hydrogens is 372 g/mol. The van der Waals surface area contributed by atoms with Gasteiger partial charge in [-0.15, -0.1) is 11.3 Å². The molecule has 1 aromatic carbocycles. The van der Waals surface area contributed by atoms with Crippen molar-refractivity contribution in [2.45, 2.75) is 46.0 Å². The maximum absolute atomic E-state index is 11.0. The second-order valence-electron chi connectivity index (χ2n) is 7.21. The van der Waals surface area contributed by atoms with Crippen molar-refractivity contribution >= 4 is 23.2 Å². The van der Waals surface area contributed by atoms with Crippen molar-refractivity contribution < 1.29 is 14.3 Å². The Balaban J connectivity index is 0.000000202. The number of benzene rings is 1. The van der Waals surface area contributed by atoms with Crippen LogP contribution in [0.1, 0.15) is 52.5 Å². The fraction of sp³-hybridized carbons (Fsp3) is 0.455. The van der Waals surface area contributed by atoms with E-state index in [-0.39, 0.29) is 11.8 Å². The van der Waals surface area contributed by atoms with Crippen molar-refractivity contribution in [2.24, 2.45) is 11.7 Å². The molecule has 0 bridgehead atoms. The fourth-order valence-electron chi connectivity index (χ4n) is 3.14. The summed E-state index contributed by atoms with van der Waals surface area (Å²) in [6.07, 6.45) is 4.59. The normalized spacial score (nSPS) is 15.0. The molecule has 1 atom stereocenters. The number of hydrogen-bond donors (Lipinski definition) is 2. The van der Waals surface area contributed by atoms with Gasteiger partial charge in [-0.3, -0.25) is 9.59 Å². The Bertz CT molecular complexity index is 801. The lowest BCUT2D eigenvalue weighted by atomic mass is 9.88. The fourth-order valence-corrected chi connectivity index (χ4v) is 4.39. The average molecular weight is 403 g/mol. The van der Waals surface area contributed by atoms with E-state index < -0.39 is 0 Å². The lowest BCUT2D eigenvalue weighted by molar-refractivity contribution is -0.120. The Morgan fingerprint density at radius 1 is 1.36 bits per heavy atom. The van der Waals surface area contributed by atoms with E-state index in [2.05, 4.69) is 12.2 Å². The molecule has 0 aliphatic heterocycles. The van der Waals surface area contributed by atoms with Crippen LogP contribution in [0.15, 0.2) is 29.6 Å². The smallest absolute Gasteiger partial charge is 0.249 e. The molecule has 2 amide bonds. The number of thiophene rings is 1. The maximum Gasteiger partial charge on any atom is 0.249 e. The molecule has 1 aliphatic carbocycles. The molecule has 1 unspecified atom stereocenters. The van der Waals surface area contributed by atoms with E-state index in [1.54, 1.807) is 18.4 Å². The van der Waals surface area contributed by atoms with Gasteiger partial charge in [0.25, 0.3) is 0 Å². The third-order valence-electron chi connectivity index (χ3n) is 4.75. The second-order valence-corrected chi connectivity index (χ2v) is 8.17. The summed E-state index contributed by atoms with van der Waals surface area (Å²) in [5.74, 6) is 1.41. The van der Waals surface area contributed by atoms with Gasteiger partial charge >= 0.3 is 0 Å². The molecule has 1 aliphatic rings. The minimum Gasteiger partial charge on any atom is -0.494 e. The Morgan fingerprint density at radius 3 is 2.82 bits per heavy atom. The summed E-state index contributed by atoms with van der Waals surface area (Å²) in [7, 11) is 1.64. The highest BCUT2D eigenvalue weighted by Gasteiger charge is 2.21. The molecule has 2 aromatic rings. The first-order chi connectivity index (χ1) is 13.4. The number of hydrogen-bond acceptors (Lipinski definition) is 4. The first-order valence-corrected chi connectivity index (χ1v) is 10.6. The van der Waals surface area contributed by atoms with Gasteiger partial charge in [-0.25, -0.2) is 0 Å². The van der Waals surface area contributed by atoms with Gasteiger partial charge in [0.1, 0.15) is 5.75 Å². The van der Waals surface area contributed by atoms with E-state index in [0.29, 0.717) is 13.0 Å². The lowest BCUT2D eigenvalue weighted by Gasteiger charge is -2.18. The monoisotopic (exact) mass is 402 g/mol. The van der Waals surface area contributed by atoms with Crippen LogP contribution in [-0.4, -0.2) is 25.5 Å². The highest BCUT2D eigenvalue weighted by Crippen LogP contribution is 2.32. The number of carbonyl (C=O) groups is 2. The van der Waals surface area contributed by atoms with E-state index in [4.69, 9.17) is 10.5 Å². The van der Waals surface area contributed by atoms with Crippen LogP contribution in [0.4, 0.5) is 0 Å². The number of aryl methyl sites for hydroxylation is 1. The summed E-state index contributed by atoms with van der Waals surface area (Å²) in [6, 6.07) is 7.90. The van der Waals surface area contributed by atoms with Gasteiger partial charge < -0.3 is 15.8 Å². The standard InChI is InChI=1S/C12H17NO2.C10H13NOS/c1-10-5-3-6-11(9-10)15-8-4-7-12(14)13-2;1-6-2-3-7-8(10(11)12)5-13-9(7)4-6/h3,5-6,9H,4,7-8H2,1-2H3,(H,13,14);5-6H,2-4H2,1H3,(H2,11,12). The van der Waals surface area contributed by atoms with E-state index in [0.717, 1.165) is 36.5 Å². The predicted molar refractivity (Wildman–Crippen MR) is 114 cm³/mol. The number of ether oxygens (including phenoxy) is 1. The first kappa shape index (κ1) is 22.0. The molecule has 1 aromatic heterocycles. The Labute approximate surface area is 171 Å². The van der Waals surface area contributed by atoms with E-state index in [9.17, 15) is 9.59 Å². The predicted octanol–water partition coefficient (Wildman–Crippen LogP) is 3.87. The number of fused-ring (bicyclic) bond motifs is 1. The Kier molecular flexibility index (Phi) is 8.51. The number of carbonyl (C=O) groups excluding carboxylic acids is 2. The number of amides is 2. The van der Waals surface area contributed by atoms with Crippen LogP contribution >= 0.6 is 11.3 Å². The van der Waals surface area contributed by atoms with Gasteiger partial charge in [0, 0.05) is 23.7 Å². The van der Waals surface area contributed by atoms with E-state index in [1.807, 2.05) is 36.6 Å². The van der Waals surface area contributed by atoms with Gasteiger partial charge in [0.15, 0.2) is 0 Å². The highest BCUT2D eigenvalue weighted by molar-refractivity contribution is 7.10.